The standard InChI is InChI=1S/C26H30N2O4/c1-32-26(31)21-10-12-22(13-11-21)28-24(29)18-23(25(28)30)27-16-14-20(15-17-27)9-5-8-19-6-3-2-4-7-19/h2-4,6-7,10-13,20,23H,5,8-9,14-18H2,1H3. The molecule has 168 valence electrons. The summed E-state index contributed by atoms with van der Waals surface area (Å²) < 4.78 is 4.70. The number of hydrogen-bond acceptors (Lipinski definition) is 5. The molecule has 6 heteroatoms. The van der Waals surface area contributed by atoms with Crippen molar-refractivity contribution in [3.05, 3.63) is 65.7 Å². The molecule has 0 bridgehead atoms. The Balaban J connectivity index is 1.29. The van der Waals surface area contributed by atoms with Crippen LogP contribution in [-0.4, -0.2) is 48.9 Å². The lowest BCUT2D eigenvalue weighted by molar-refractivity contribution is -0.123. The largest absolute Gasteiger partial charge is 0.465 e. The molecule has 2 aliphatic rings. The quantitative estimate of drug-likeness (QED) is 0.489. The van der Waals surface area contributed by atoms with Gasteiger partial charge in [-0.25, -0.2) is 9.69 Å². The van der Waals surface area contributed by atoms with Crippen LogP contribution in [0.1, 0.15) is 48.0 Å². The molecule has 0 saturated carbocycles. The lowest BCUT2D eigenvalue weighted by Gasteiger charge is -2.34. The minimum Gasteiger partial charge on any atom is -0.465 e. The van der Waals surface area contributed by atoms with E-state index in [0.29, 0.717) is 17.2 Å². The number of piperidine rings is 1. The van der Waals surface area contributed by atoms with Gasteiger partial charge in [-0.1, -0.05) is 36.8 Å². The van der Waals surface area contributed by atoms with E-state index in [1.807, 2.05) is 6.07 Å². The van der Waals surface area contributed by atoms with E-state index in [9.17, 15) is 14.4 Å². The number of rotatable bonds is 7. The van der Waals surface area contributed by atoms with Gasteiger partial charge in [-0.3, -0.25) is 14.5 Å². The van der Waals surface area contributed by atoms with Gasteiger partial charge >= 0.3 is 5.97 Å². The number of likely N-dealkylation sites (tertiary alicyclic amines) is 1. The van der Waals surface area contributed by atoms with Gasteiger partial charge in [0.1, 0.15) is 0 Å². The van der Waals surface area contributed by atoms with Crippen molar-refractivity contribution in [3.63, 3.8) is 0 Å². The van der Waals surface area contributed by atoms with E-state index in [4.69, 9.17) is 4.74 Å². The lowest BCUT2D eigenvalue weighted by atomic mass is 9.90. The Morgan fingerprint density at radius 2 is 1.69 bits per heavy atom. The summed E-state index contributed by atoms with van der Waals surface area (Å²) in [5.41, 5.74) is 2.28. The van der Waals surface area contributed by atoms with Crippen LogP contribution in [0, 0.1) is 5.92 Å². The molecule has 0 N–H and O–H groups in total. The third-order valence-corrected chi connectivity index (χ3v) is 6.68. The van der Waals surface area contributed by atoms with E-state index in [-0.39, 0.29) is 24.3 Å². The highest BCUT2D eigenvalue weighted by Gasteiger charge is 2.43. The zero-order valence-electron chi connectivity index (χ0n) is 18.5. The highest BCUT2D eigenvalue weighted by molar-refractivity contribution is 6.22. The van der Waals surface area contributed by atoms with Gasteiger partial charge in [0.15, 0.2) is 0 Å². The topological polar surface area (TPSA) is 66.9 Å². The Morgan fingerprint density at radius 3 is 2.34 bits per heavy atom. The van der Waals surface area contributed by atoms with Crippen LogP contribution in [0.15, 0.2) is 54.6 Å². The van der Waals surface area contributed by atoms with Crippen LogP contribution in [0.2, 0.25) is 0 Å². The molecule has 2 heterocycles. The number of esters is 1. The first-order chi connectivity index (χ1) is 15.6. The van der Waals surface area contributed by atoms with Crippen LogP contribution in [0.4, 0.5) is 5.69 Å². The Kier molecular flexibility index (Phi) is 7.00. The van der Waals surface area contributed by atoms with Crippen LogP contribution in [0.25, 0.3) is 0 Å². The molecule has 0 spiro atoms. The molecule has 2 saturated heterocycles. The average molecular weight is 435 g/mol. The number of carbonyl (C=O) groups excluding carboxylic acids is 3. The first-order valence-corrected chi connectivity index (χ1v) is 11.4. The Bertz CT molecular complexity index is 950. The van der Waals surface area contributed by atoms with Crippen LogP contribution >= 0.6 is 0 Å². The summed E-state index contributed by atoms with van der Waals surface area (Å²) in [4.78, 5) is 40.8. The summed E-state index contributed by atoms with van der Waals surface area (Å²) in [6, 6.07) is 16.6. The molecule has 6 nitrogen and oxygen atoms in total. The molecule has 32 heavy (non-hydrogen) atoms. The fourth-order valence-electron chi connectivity index (χ4n) is 4.83. The number of anilines is 1. The van der Waals surface area contributed by atoms with Crippen molar-refractivity contribution >= 4 is 23.5 Å². The van der Waals surface area contributed by atoms with Gasteiger partial charge in [-0.2, -0.15) is 0 Å². The Hall–Kier alpha value is -2.99. The lowest BCUT2D eigenvalue weighted by Crippen LogP contribution is -2.46. The summed E-state index contributed by atoms with van der Waals surface area (Å²) in [6.45, 7) is 1.71. The number of carbonyl (C=O) groups is 3. The molecule has 0 aliphatic carbocycles. The minimum atomic E-state index is -0.444. The second kappa shape index (κ2) is 10.1. The SMILES string of the molecule is COC(=O)c1ccc(N2C(=O)CC(N3CCC(CCCc4ccccc4)CC3)C2=O)cc1. The molecule has 2 fully saturated rings. The molecule has 1 unspecified atom stereocenters. The van der Waals surface area contributed by atoms with Gasteiger partial charge in [-0.15, -0.1) is 0 Å². The van der Waals surface area contributed by atoms with Crippen LogP contribution < -0.4 is 4.90 Å². The predicted octanol–water partition coefficient (Wildman–Crippen LogP) is 3.84. The van der Waals surface area contributed by atoms with Crippen LogP contribution in [-0.2, 0) is 20.7 Å². The van der Waals surface area contributed by atoms with E-state index in [1.54, 1.807) is 24.3 Å². The number of methoxy groups -OCH3 is 1. The monoisotopic (exact) mass is 434 g/mol. The van der Waals surface area contributed by atoms with Crippen molar-refractivity contribution in [3.8, 4) is 0 Å². The van der Waals surface area contributed by atoms with Crippen molar-refractivity contribution in [2.75, 3.05) is 25.1 Å². The Labute approximate surface area is 189 Å². The molecule has 2 aliphatic heterocycles. The Morgan fingerprint density at radius 1 is 1.00 bits per heavy atom. The number of hydrogen-bond donors (Lipinski definition) is 0. The normalized spacial score (nSPS) is 20.0. The summed E-state index contributed by atoms with van der Waals surface area (Å²) in [7, 11) is 1.32. The molecule has 4 rings (SSSR count). The second-order valence-electron chi connectivity index (χ2n) is 8.68. The molecule has 0 aromatic heterocycles. The first kappa shape index (κ1) is 22.2. The fraction of sp³-hybridized carbons (Fsp3) is 0.423. The second-order valence-corrected chi connectivity index (χ2v) is 8.68. The van der Waals surface area contributed by atoms with Crippen molar-refractivity contribution < 1.29 is 19.1 Å². The highest BCUT2D eigenvalue weighted by atomic mass is 16.5. The number of amides is 2. The molecule has 2 aromatic rings. The number of benzene rings is 2. The summed E-state index contributed by atoms with van der Waals surface area (Å²) in [6.07, 6.45) is 5.86. The fourth-order valence-corrected chi connectivity index (χ4v) is 4.83. The van der Waals surface area contributed by atoms with Crippen molar-refractivity contribution in [2.24, 2.45) is 5.92 Å². The van der Waals surface area contributed by atoms with Crippen LogP contribution in [0.5, 0.6) is 0 Å². The third kappa shape index (κ3) is 4.91. The number of nitrogens with zero attached hydrogens (tertiary/aromatic N) is 2. The van der Waals surface area contributed by atoms with Gasteiger partial charge in [0.2, 0.25) is 5.91 Å². The predicted molar refractivity (Wildman–Crippen MR) is 122 cm³/mol. The summed E-state index contributed by atoms with van der Waals surface area (Å²) in [5, 5.41) is 0. The van der Waals surface area contributed by atoms with E-state index >= 15 is 0 Å². The number of imide groups is 1. The van der Waals surface area contributed by atoms with Gasteiger partial charge in [0.25, 0.3) is 5.91 Å². The molecular formula is C26H30N2O4. The smallest absolute Gasteiger partial charge is 0.337 e. The van der Waals surface area contributed by atoms with E-state index in [1.165, 1.54) is 30.4 Å². The van der Waals surface area contributed by atoms with Crippen molar-refractivity contribution in [1.29, 1.82) is 0 Å². The molecule has 1 atom stereocenters. The van der Waals surface area contributed by atoms with Crippen LogP contribution in [0.3, 0.4) is 0 Å². The molecule has 2 amide bonds. The van der Waals surface area contributed by atoms with E-state index in [2.05, 4.69) is 29.2 Å². The minimum absolute atomic E-state index is 0.164. The van der Waals surface area contributed by atoms with Crippen molar-refractivity contribution in [2.45, 2.75) is 44.6 Å². The zero-order valence-corrected chi connectivity index (χ0v) is 18.5. The number of ether oxygens (including phenoxy) is 1. The third-order valence-electron chi connectivity index (χ3n) is 6.68. The van der Waals surface area contributed by atoms with Gasteiger partial charge in [-0.05, 0) is 74.5 Å². The van der Waals surface area contributed by atoms with Gasteiger partial charge in [0, 0.05) is 0 Å². The average Bonchev–Trinajstić information content (AvgIpc) is 3.13. The first-order valence-electron chi connectivity index (χ1n) is 11.4. The maximum atomic E-state index is 13.1. The van der Waals surface area contributed by atoms with E-state index < -0.39 is 5.97 Å². The van der Waals surface area contributed by atoms with Crippen molar-refractivity contribution in [1.82, 2.24) is 4.90 Å². The molecule has 2 aromatic carbocycles. The molecule has 0 radical (unpaired) electrons. The van der Waals surface area contributed by atoms with Gasteiger partial charge in [0.05, 0.1) is 30.8 Å². The summed E-state index contributed by atoms with van der Waals surface area (Å²) in [5.74, 6) is -0.108. The summed E-state index contributed by atoms with van der Waals surface area (Å²) >= 11 is 0. The maximum Gasteiger partial charge on any atom is 0.337 e. The van der Waals surface area contributed by atoms with E-state index in [0.717, 1.165) is 32.4 Å². The molecular weight excluding hydrogens is 404 g/mol. The maximum absolute atomic E-state index is 13.1. The van der Waals surface area contributed by atoms with Gasteiger partial charge < -0.3 is 4.74 Å². The zero-order chi connectivity index (χ0) is 22.5. The highest BCUT2D eigenvalue weighted by Crippen LogP contribution is 2.30. The number of aryl methyl sites for hydroxylation is 1.